The van der Waals surface area contributed by atoms with E-state index in [0.717, 1.165) is 68.9 Å². The Balaban J connectivity index is 1.28. The molecule has 0 spiro atoms. The Hall–Kier alpha value is -3.10. The molecule has 0 aromatic heterocycles. The van der Waals surface area contributed by atoms with Gasteiger partial charge in [0.2, 0.25) is 5.91 Å². The van der Waals surface area contributed by atoms with E-state index >= 15 is 0 Å². The van der Waals surface area contributed by atoms with Gasteiger partial charge in [-0.2, -0.15) is 0 Å². The standard InChI is InChI=1S/C30H42N4O4/c1-21-16-26(11-8-25(21)20-34-15-14-31-22(2)18-34)33(4)29(35)24-9-12-27(13-10-24)38-28-7-5-6-23(17-28)19-32(3)30(36)37/h5-8,11,16-17,22,24,27,31H,9-10,12-15,18-20H2,1-4H3,(H,36,37)/t22-,24-,27-/m0/s1. The Morgan fingerprint density at radius 1 is 1.11 bits per heavy atom. The predicted octanol–water partition coefficient (Wildman–Crippen LogP) is 4.50. The summed E-state index contributed by atoms with van der Waals surface area (Å²) in [5, 5.41) is 12.6. The average Bonchev–Trinajstić information content (AvgIpc) is 2.89. The van der Waals surface area contributed by atoms with Crippen LogP contribution in [0.1, 0.15) is 49.3 Å². The number of hydrogen-bond donors (Lipinski definition) is 2. The lowest BCUT2D eigenvalue weighted by molar-refractivity contribution is -0.123. The van der Waals surface area contributed by atoms with E-state index in [1.807, 2.05) is 36.2 Å². The molecule has 206 valence electrons. The van der Waals surface area contributed by atoms with E-state index in [4.69, 9.17) is 9.84 Å². The number of amides is 2. The number of hydrogen-bond acceptors (Lipinski definition) is 5. The first-order valence-corrected chi connectivity index (χ1v) is 13.7. The van der Waals surface area contributed by atoms with E-state index in [-0.39, 0.29) is 17.9 Å². The van der Waals surface area contributed by atoms with Crippen molar-refractivity contribution in [2.45, 2.75) is 64.8 Å². The van der Waals surface area contributed by atoms with Crippen LogP contribution < -0.4 is 15.0 Å². The van der Waals surface area contributed by atoms with Crippen molar-refractivity contribution in [3.05, 3.63) is 59.2 Å². The molecule has 1 saturated carbocycles. The Morgan fingerprint density at radius 2 is 1.87 bits per heavy atom. The first-order valence-electron chi connectivity index (χ1n) is 13.7. The van der Waals surface area contributed by atoms with Crippen molar-refractivity contribution in [3.63, 3.8) is 0 Å². The number of piperazine rings is 1. The molecule has 2 amide bonds. The minimum atomic E-state index is -0.958. The lowest BCUT2D eigenvalue weighted by Crippen LogP contribution is -2.48. The number of nitrogens with one attached hydrogen (secondary N) is 1. The normalized spacial score (nSPS) is 22.1. The number of rotatable bonds is 8. The summed E-state index contributed by atoms with van der Waals surface area (Å²) in [6.45, 7) is 8.76. The predicted molar refractivity (Wildman–Crippen MR) is 150 cm³/mol. The maximum Gasteiger partial charge on any atom is 0.407 e. The second-order valence-electron chi connectivity index (χ2n) is 11.0. The van der Waals surface area contributed by atoms with E-state index in [9.17, 15) is 9.59 Å². The highest BCUT2D eigenvalue weighted by Gasteiger charge is 2.30. The molecule has 1 aliphatic carbocycles. The van der Waals surface area contributed by atoms with Crippen molar-refractivity contribution in [3.8, 4) is 5.75 Å². The summed E-state index contributed by atoms with van der Waals surface area (Å²) in [5.41, 5.74) is 4.38. The van der Waals surface area contributed by atoms with E-state index in [2.05, 4.69) is 42.3 Å². The third kappa shape index (κ3) is 7.26. The van der Waals surface area contributed by atoms with Crippen LogP contribution in [0, 0.1) is 12.8 Å². The Morgan fingerprint density at radius 3 is 2.55 bits per heavy atom. The van der Waals surface area contributed by atoms with Gasteiger partial charge in [-0.15, -0.1) is 0 Å². The van der Waals surface area contributed by atoms with Crippen LogP contribution in [0.25, 0.3) is 0 Å². The highest BCUT2D eigenvalue weighted by Crippen LogP contribution is 2.31. The first-order chi connectivity index (χ1) is 18.2. The quantitative estimate of drug-likeness (QED) is 0.531. The monoisotopic (exact) mass is 522 g/mol. The number of anilines is 1. The Bertz CT molecular complexity index is 1120. The summed E-state index contributed by atoms with van der Waals surface area (Å²) in [6, 6.07) is 14.5. The maximum absolute atomic E-state index is 13.3. The third-order valence-corrected chi connectivity index (χ3v) is 7.86. The van der Waals surface area contributed by atoms with Gasteiger partial charge in [0.1, 0.15) is 5.75 Å². The van der Waals surface area contributed by atoms with Crippen molar-refractivity contribution in [2.75, 3.05) is 38.6 Å². The number of ether oxygens (including phenoxy) is 1. The lowest BCUT2D eigenvalue weighted by Gasteiger charge is -2.32. The molecule has 1 saturated heterocycles. The summed E-state index contributed by atoms with van der Waals surface area (Å²) < 4.78 is 6.21. The van der Waals surface area contributed by atoms with Gasteiger partial charge in [-0.3, -0.25) is 9.69 Å². The van der Waals surface area contributed by atoms with Crippen molar-refractivity contribution in [1.82, 2.24) is 15.1 Å². The molecule has 8 nitrogen and oxygen atoms in total. The van der Waals surface area contributed by atoms with Crippen molar-refractivity contribution in [2.24, 2.45) is 5.92 Å². The molecule has 8 heteroatoms. The summed E-state index contributed by atoms with van der Waals surface area (Å²) in [6.07, 6.45) is 2.35. The SMILES string of the molecule is Cc1cc(N(C)C(=O)[C@H]2CC[C@H](Oc3cccc(CN(C)C(=O)O)c3)CC2)ccc1CN1CCN[C@@H](C)C1. The molecule has 1 heterocycles. The zero-order valence-electron chi connectivity index (χ0n) is 23.2. The van der Waals surface area contributed by atoms with Gasteiger partial charge in [-0.25, -0.2) is 4.79 Å². The fourth-order valence-corrected chi connectivity index (χ4v) is 5.54. The summed E-state index contributed by atoms with van der Waals surface area (Å²) in [4.78, 5) is 30.0. The van der Waals surface area contributed by atoms with Gasteiger partial charge in [0, 0.05) is 64.5 Å². The number of aryl methyl sites for hydroxylation is 1. The van der Waals surface area contributed by atoms with Gasteiger partial charge < -0.3 is 25.0 Å². The van der Waals surface area contributed by atoms with Gasteiger partial charge in [-0.1, -0.05) is 18.2 Å². The van der Waals surface area contributed by atoms with Crippen LogP contribution in [0.5, 0.6) is 5.75 Å². The molecule has 1 atom stereocenters. The van der Waals surface area contributed by atoms with Crippen LogP contribution in [-0.2, 0) is 17.9 Å². The zero-order valence-corrected chi connectivity index (χ0v) is 23.2. The molecular weight excluding hydrogens is 480 g/mol. The fraction of sp³-hybridized carbons (Fsp3) is 0.533. The second-order valence-corrected chi connectivity index (χ2v) is 11.0. The molecule has 2 aliphatic rings. The zero-order chi connectivity index (χ0) is 27.2. The summed E-state index contributed by atoms with van der Waals surface area (Å²) in [5.74, 6) is 0.918. The minimum absolute atomic E-state index is 0.00211. The summed E-state index contributed by atoms with van der Waals surface area (Å²) in [7, 11) is 3.44. The van der Waals surface area contributed by atoms with Gasteiger partial charge >= 0.3 is 6.09 Å². The Labute approximate surface area is 226 Å². The van der Waals surface area contributed by atoms with Gasteiger partial charge in [0.25, 0.3) is 0 Å². The molecule has 2 aromatic rings. The molecule has 2 aromatic carbocycles. The van der Waals surface area contributed by atoms with E-state index in [1.165, 1.54) is 16.0 Å². The van der Waals surface area contributed by atoms with Crippen LogP contribution in [-0.4, -0.2) is 72.8 Å². The lowest BCUT2D eigenvalue weighted by atomic mass is 9.86. The number of carbonyl (C=O) groups is 2. The second kappa shape index (κ2) is 12.6. The number of nitrogens with zero attached hydrogens (tertiary/aromatic N) is 3. The molecule has 2 fully saturated rings. The van der Waals surface area contributed by atoms with Crippen molar-refractivity contribution < 1.29 is 19.4 Å². The number of carbonyl (C=O) groups excluding carboxylic acids is 1. The van der Waals surface area contributed by atoms with E-state index in [0.29, 0.717) is 12.6 Å². The van der Waals surface area contributed by atoms with Crippen LogP contribution in [0.3, 0.4) is 0 Å². The average molecular weight is 523 g/mol. The topological polar surface area (TPSA) is 85.3 Å². The molecule has 2 N–H and O–H groups in total. The number of carboxylic acid groups (broad SMARTS) is 1. The van der Waals surface area contributed by atoms with Crippen LogP contribution in [0.4, 0.5) is 10.5 Å². The molecule has 0 unspecified atom stereocenters. The van der Waals surface area contributed by atoms with Gasteiger partial charge in [0.15, 0.2) is 0 Å². The van der Waals surface area contributed by atoms with Gasteiger partial charge in [-0.05, 0) is 80.5 Å². The molecule has 38 heavy (non-hydrogen) atoms. The van der Waals surface area contributed by atoms with E-state index in [1.54, 1.807) is 7.05 Å². The molecular formula is C30H42N4O4. The summed E-state index contributed by atoms with van der Waals surface area (Å²) >= 11 is 0. The van der Waals surface area contributed by atoms with E-state index < -0.39 is 6.09 Å². The fourth-order valence-electron chi connectivity index (χ4n) is 5.54. The largest absolute Gasteiger partial charge is 0.490 e. The Kier molecular flexibility index (Phi) is 9.28. The molecule has 4 rings (SSSR count). The maximum atomic E-state index is 13.3. The smallest absolute Gasteiger partial charge is 0.407 e. The highest BCUT2D eigenvalue weighted by atomic mass is 16.5. The highest BCUT2D eigenvalue weighted by molar-refractivity contribution is 5.94. The third-order valence-electron chi connectivity index (χ3n) is 7.86. The number of benzene rings is 2. The van der Waals surface area contributed by atoms with Gasteiger partial charge in [0.05, 0.1) is 6.10 Å². The molecule has 1 aliphatic heterocycles. The molecule has 0 bridgehead atoms. The van der Waals surface area contributed by atoms with Crippen molar-refractivity contribution >= 4 is 17.7 Å². The van der Waals surface area contributed by atoms with Crippen molar-refractivity contribution in [1.29, 1.82) is 0 Å². The first kappa shape index (κ1) is 27.9. The van der Waals surface area contributed by atoms with Crippen LogP contribution in [0.2, 0.25) is 0 Å². The van der Waals surface area contributed by atoms with Crippen LogP contribution >= 0.6 is 0 Å². The van der Waals surface area contributed by atoms with Crippen LogP contribution in [0.15, 0.2) is 42.5 Å². The molecule has 0 radical (unpaired) electrons. The minimum Gasteiger partial charge on any atom is -0.490 e.